The van der Waals surface area contributed by atoms with Crippen molar-refractivity contribution >= 4 is 22.8 Å². The van der Waals surface area contributed by atoms with E-state index in [4.69, 9.17) is 5.11 Å². The van der Waals surface area contributed by atoms with E-state index in [1.54, 1.807) is 36.8 Å². The predicted octanol–water partition coefficient (Wildman–Crippen LogP) is 2.28. The number of nitrogens with zero attached hydrogens (tertiary/aromatic N) is 3. The number of imidazole rings is 1. The number of hydrogen-bond acceptors (Lipinski definition) is 4. The van der Waals surface area contributed by atoms with Gasteiger partial charge in [-0.25, -0.2) is 14.8 Å². The summed E-state index contributed by atoms with van der Waals surface area (Å²) in [6.07, 6.45) is 3.49. The fourth-order valence-electron chi connectivity index (χ4n) is 2.14. The molecule has 0 amide bonds. The number of carboxylic acid groups (broad SMARTS) is 1. The second-order valence-electron chi connectivity index (χ2n) is 4.74. The Morgan fingerprint density at radius 3 is 2.71 bits per heavy atom. The zero-order valence-corrected chi connectivity index (χ0v) is 11.4. The third-order valence-electron chi connectivity index (χ3n) is 3.30. The number of rotatable bonds is 4. The average Bonchev–Trinajstić information content (AvgIpc) is 2.88. The normalized spacial score (nSPS) is 10.7. The Hall–Kier alpha value is -2.89. The first kappa shape index (κ1) is 13.1. The van der Waals surface area contributed by atoms with E-state index in [-0.39, 0.29) is 5.56 Å². The van der Waals surface area contributed by atoms with Crippen molar-refractivity contribution in [3.8, 4) is 0 Å². The Balaban J connectivity index is 1.78. The van der Waals surface area contributed by atoms with Crippen LogP contribution in [0.15, 0.2) is 42.9 Å². The van der Waals surface area contributed by atoms with Crippen LogP contribution in [0.5, 0.6) is 0 Å². The second kappa shape index (κ2) is 5.24. The molecule has 0 bridgehead atoms. The molecule has 0 spiro atoms. The number of fused-ring (bicyclic) bond motifs is 1. The molecule has 2 N–H and O–H groups in total. The average molecular weight is 282 g/mol. The lowest BCUT2D eigenvalue weighted by molar-refractivity contribution is 0.0697. The van der Waals surface area contributed by atoms with Gasteiger partial charge in [-0.2, -0.15) is 0 Å². The lowest BCUT2D eigenvalue weighted by Gasteiger charge is -2.07. The molecule has 0 unspecified atom stereocenters. The molecule has 0 fully saturated rings. The van der Waals surface area contributed by atoms with Gasteiger partial charge in [-0.1, -0.05) is 12.1 Å². The summed E-state index contributed by atoms with van der Waals surface area (Å²) in [5, 5.41) is 12.1. The summed E-state index contributed by atoms with van der Waals surface area (Å²) in [5.74, 6) is -0.204. The highest BCUT2D eigenvalue weighted by Crippen LogP contribution is 2.19. The highest BCUT2D eigenvalue weighted by atomic mass is 16.4. The molecule has 1 aromatic carbocycles. The van der Waals surface area contributed by atoms with Crippen LogP contribution < -0.4 is 5.32 Å². The summed E-state index contributed by atoms with van der Waals surface area (Å²) in [7, 11) is 1.93. The fraction of sp³-hybridized carbons (Fsp3) is 0.133. The number of benzene rings is 1. The van der Waals surface area contributed by atoms with Crippen molar-refractivity contribution in [2.75, 3.05) is 5.32 Å². The molecular formula is C15H14N4O2. The van der Waals surface area contributed by atoms with Crippen LogP contribution in [0.2, 0.25) is 0 Å². The van der Waals surface area contributed by atoms with Crippen LogP contribution in [0.4, 0.5) is 5.82 Å². The standard InChI is InChI=1S/C15H14N4O2/c1-19-9-18-13-12(19)6-7-16-14(13)17-8-10-2-4-11(5-3-10)15(20)21/h2-7,9H,8H2,1H3,(H,16,17)(H,20,21). The third kappa shape index (κ3) is 2.55. The largest absolute Gasteiger partial charge is 0.478 e. The van der Waals surface area contributed by atoms with E-state index in [1.165, 1.54) is 0 Å². The number of aryl methyl sites for hydroxylation is 1. The zero-order chi connectivity index (χ0) is 14.8. The molecule has 0 atom stereocenters. The van der Waals surface area contributed by atoms with Crippen molar-refractivity contribution in [3.05, 3.63) is 54.0 Å². The first-order valence-electron chi connectivity index (χ1n) is 6.47. The number of aromatic carboxylic acids is 1. The first-order valence-corrected chi connectivity index (χ1v) is 6.47. The van der Waals surface area contributed by atoms with Crippen molar-refractivity contribution in [3.63, 3.8) is 0 Å². The molecule has 21 heavy (non-hydrogen) atoms. The highest BCUT2D eigenvalue weighted by molar-refractivity contribution is 5.87. The van der Waals surface area contributed by atoms with Gasteiger partial charge in [0.15, 0.2) is 5.82 Å². The van der Waals surface area contributed by atoms with E-state index in [0.717, 1.165) is 22.4 Å². The van der Waals surface area contributed by atoms with E-state index in [0.29, 0.717) is 6.54 Å². The molecule has 0 aliphatic carbocycles. The van der Waals surface area contributed by atoms with Crippen LogP contribution in [0.25, 0.3) is 11.0 Å². The van der Waals surface area contributed by atoms with Crippen molar-refractivity contribution < 1.29 is 9.90 Å². The van der Waals surface area contributed by atoms with Gasteiger partial charge >= 0.3 is 5.97 Å². The molecular weight excluding hydrogens is 268 g/mol. The lowest BCUT2D eigenvalue weighted by Crippen LogP contribution is -2.03. The molecule has 0 aliphatic rings. The van der Waals surface area contributed by atoms with Crippen molar-refractivity contribution in [1.82, 2.24) is 14.5 Å². The van der Waals surface area contributed by atoms with Crippen molar-refractivity contribution in [2.24, 2.45) is 7.05 Å². The maximum absolute atomic E-state index is 10.8. The van der Waals surface area contributed by atoms with Gasteiger partial charge in [-0.15, -0.1) is 0 Å². The Morgan fingerprint density at radius 1 is 1.24 bits per heavy atom. The van der Waals surface area contributed by atoms with Gasteiger partial charge in [0.2, 0.25) is 0 Å². The Labute approximate surface area is 121 Å². The predicted molar refractivity (Wildman–Crippen MR) is 79.2 cm³/mol. The van der Waals surface area contributed by atoms with Crippen LogP contribution in [0.3, 0.4) is 0 Å². The summed E-state index contributed by atoms with van der Waals surface area (Å²) in [6, 6.07) is 8.67. The van der Waals surface area contributed by atoms with Crippen LogP contribution in [-0.4, -0.2) is 25.6 Å². The Morgan fingerprint density at radius 2 is 2.00 bits per heavy atom. The molecule has 6 nitrogen and oxygen atoms in total. The zero-order valence-electron chi connectivity index (χ0n) is 11.4. The quantitative estimate of drug-likeness (QED) is 0.767. The number of anilines is 1. The number of hydrogen-bond donors (Lipinski definition) is 2. The Kier molecular flexibility index (Phi) is 3.27. The number of nitrogens with one attached hydrogen (secondary N) is 1. The second-order valence-corrected chi connectivity index (χ2v) is 4.74. The summed E-state index contributed by atoms with van der Waals surface area (Å²) in [4.78, 5) is 19.4. The molecule has 0 saturated heterocycles. The molecule has 6 heteroatoms. The van der Waals surface area contributed by atoms with E-state index >= 15 is 0 Å². The van der Waals surface area contributed by atoms with Crippen LogP contribution in [0, 0.1) is 0 Å². The lowest BCUT2D eigenvalue weighted by atomic mass is 10.1. The summed E-state index contributed by atoms with van der Waals surface area (Å²) in [5.41, 5.74) is 3.09. The minimum atomic E-state index is -0.922. The van der Waals surface area contributed by atoms with Crippen LogP contribution in [0.1, 0.15) is 15.9 Å². The third-order valence-corrected chi connectivity index (χ3v) is 3.30. The summed E-state index contributed by atoms with van der Waals surface area (Å²) < 4.78 is 1.93. The van der Waals surface area contributed by atoms with Gasteiger partial charge in [-0.3, -0.25) is 0 Å². The minimum Gasteiger partial charge on any atom is -0.478 e. The summed E-state index contributed by atoms with van der Waals surface area (Å²) >= 11 is 0. The molecule has 106 valence electrons. The number of pyridine rings is 1. The Bertz CT molecular complexity index is 793. The van der Waals surface area contributed by atoms with Gasteiger partial charge in [-0.05, 0) is 23.8 Å². The molecule has 0 saturated carbocycles. The monoisotopic (exact) mass is 282 g/mol. The van der Waals surface area contributed by atoms with Gasteiger partial charge in [0.1, 0.15) is 5.52 Å². The molecule has 2 aromatic heterocycles. The number of aromatic nitrogens is 3. The topological polar surface area (TPSA) is 80.0 Å². The molecule has 3 aromatic rings. The van der Waals surface area contributed by atoms with E-state index < -0.39 is 5.97 Å². The van der Waals surface area contributed by atoms with Gasteiger partial charge < -0.3 is 15.0 Å². The van der Waals surface area contributed by atoms with Crippen LogP contribution in [-0.2, 0) is 13.6 Å². The highest BCUT2D eigenvalue weighted by Gasteiger charge is 2.07. The fourth-order valence-corrected chi connectivity index (χ4v) is 2.14. The SMILES string of the molecule is Cn1cnc2c(NCc3ccc(C(=O)O)cc3)nccc21. The molecule has 2 heterocycles. The number of carboxylic acids is 1. The number of carbonyl (C=O) groups is 1. The van der Waals surface area contributed by atoms with Gasteiger partial charge in [0.25, 0.3) is 0 Å². The van der Waals surface area contributed by atoms with Crippen LogP contribution >= 0.6 is 0 Å². The van der Waals surface area contributed by atoms with Gasteiger partial charge in [0.05, 0.1) is 17.4 Å². The molecule has 0 aliphatic heterocycles. The van der Waals surface area contributed by atoms with Crippen molar-refractivity contribution in [1.29, 1.82) is 0 Å². The van der Waals surface area contributed by atoms with Gasteiger partial charge in [0, 0.05) is 19.8 Å². The molecule has 0 radical (unpaired) electrons. The van der Waals surface area contributed by atoms with E-state index in [1.807, 2.05) is 17.7 Å². The maximum Gasteiger partial charge on any atom is 0.335 e. The van der Waals surface area contributed by atoms with Crippen molar-refractivity contribution in [2.45, 2.75) is 6.54 Å². The van der Waals surface area contributed by atoms with E-state index in [2.05, 4.69) is 15.3 Å². The first-order chi connectivity index (χ1) is 10.1. The van der Waals surface area contributed by atoms with E-state index in [9.17, 15) is 4.79 Å². The maximum atomic E-state index is 10.8. The molecule has 3 rings (SSSR count). The smallest absolute Gasteiger partial charge is 0.335 e. The minimum absolute atomic E-state index is 0.281. The summed E-state index contributed by atoms with van der Waals surface area (Å²) in [6.45, 7) is 0.558.